The van der Waals surface area contributed by atoms with E-state index in [1.807, 2.05) is 0 Å². The van der Waals surface area contributed by atoms with Gasteiger partial charge in [-0.25, -0.2) is 0 Å². The molecular formula is C23H38. The van der Waals surface area contributed by atoms with Crippen LogP contribution in [0.15, 0.2) is 12.1 Å². The fourth-order valence-corrected chi connectivity index (χ4v) is 4.24. The molecule has 0 bridgehead atoms. The standard InChI is InChI=1S/C23H38/c1-4-6-9-15-21-18-23(20-13-11-8-12-14-20)22(17-19(21)3)16-10-7-5-2/h17-18,20H,4-16H2,1-3H3. The first-order valence-electron chi connectivity index (χ1n) is 10.4. The van der Waals surface area contributed by atoms with Gasteiger partial charge in [0.15, 0.2) is 0 Å². The summed E-state index contributed by atoms with van der Waals surface area (Å²) in [7, 11) is 0. The molecule has 0 nitrogen and oxygen atoms in total. The summed E-state index contributed by atoms with van der Waals surface area (Å²) in [5, 5.41) is 0. The quantitative estimate of drug-likeness (QED) is 0.414. The molecule has 1 saturated carbocycles. The van der Waals surface area contributed by atoms with Crippen LogP contribution in [-0.4, -0.2) is 0 Å². The molecule has 1 aliphatic rings. The van der Waals surface area contributed by atoms with E-state index in [0.717, 1.165) is 5.92 Å². The summed E-state index contributed by atoms with van der Waals surface area (Å²) in [5.41, 5.74) is 6.60. The minimum absolute atomic E-state index is 0.853. The molecular weight excluding hydrogens is 276 g/mol. The molecule has 0 aliphatic heterocycles. The van der Waals surface area contributed by atoms with Crippen LogP contribution in [0.4, 0.5) is 0 Å². The highest BCUT2D eigenvalue weighted by Crippen LogP contribution is 2.36. The predicted molar refractivity (Wildman–Crippen MR) is 103 cm³/mol. The average molecular weight is 315 g/mol. The van der Waals surface area contributed by atoms with Crippen molar-refractivity contribution in [1.29, 1.82) is 0 Å². The van der Waals surface area contributed by atoms with Gasteiger partial charge in [-0.05, 0) is 73.6 Å². The van der Waals surface area contributed by atoms with E-state index in [9.17, 15) is 0 Å². The first-order chi connectivity index (χ1) is 11.3. The Balaban J connectivity index is 2.18. The molecule has 130 valence electrons. The van der Waals surface area contributed by atoms with Crippen LogP contribution in [-0.2, 0) is 12.8 Å². The van der Waals surface area contributed by atoms with Crippen LogP contribution in [0.3, 0.4) is 0 Å². The summed E-state index contributed by atoms with van der Waals surface area (Å²) in [6, 6.07) is 5.18. The lowest BCUT2D eigenvalue weighted by Gasteiger charge is -2.26. The smallest absolute Gasteiger partial charge is 0.0159 e. The first kappa shape index (κ1) is 18.6. The minimum atomic E-state index is 0.853. The summed E-state index contributed by atoms with van der Waals surface area (Å²) in [6.45, 7) is 6.95. The second kappa shape index (κ2) is 10.2. The van der Waals surface area contributed by atoms with Crippen LogP contribution in [0.5, 0.6) is 0 Å². The first-order valence-corrected chi connectivity index (χ1v) is 10.4. The van der Waals surface area contributed by atoms with Crippen molar-refractivity contribution in [2.24, 2.45) is 0 Å². The van der Waals surface area contributed by atoms with E-state index in [1.54, 1.807) is 22.3 Å². The van der Waals surface area contributed by atoms with E-state index in [2.05, 4.69) is 32.9 Å². The highest BCUT2D eigenvalue weighted by Gasteiger charge is 2.19. The summed E-state index contributed by atoms with van der Waals surface area (Å²) < 4.78 is 0. The van der Waals surface area contributed by atoms with Gasteiger partial charge in [0.25, 0.3) is 0 Å². The molecule has 0 amide bonds. The number of benzene rings is 1. The van der Waals surface area contributed by atoms with Crippen molar-refractivity contribution in [2.45, 2.75) is 110 Å². The van der Waals surface area contributed by atoms with Crippen molar-refractivity contribution in [3.63, 3.8) is 0 Å². The zero-order chi connectivity index (χ0) is 16.5. The van der Waals surface area contributed by atoms with Crippen molar-refractivity contribution >= 4 is 0 Å². The highest BCUT2D eigenvalue weighted by molar-refractivity contribution is 5.40. The third-order valence-corrected chi connectivity index (χ3v) is 5.74. The maximum atomic E-state index is 2.63. The fourth-order valence-electron chi connectivity index (χ4n) is 4.24. The van der Waals surface area contributed by atoms with Gasteiger partial charge in [-0.15, -0.1) is 0 Å². The molecule has 0 unspecified atom stereocenters. The lowest BCUT2D eigenvalue weighted by atomic mass is 9.79. The van der Waals surface area contributed by atoms with Crippen LogP contribution in [0.2, 0.25) is 0 Å². The fraction of sp³-hybridized carbons (Fsp3) is 0.739. The van der Waals surface area contributed by atoms with Gasteiger partial charge in [0.1, 0.15) is 0 Å². The Morgan fingerprint density at radius 3 is 2.00 bits per heavy atom. The van der Waals surface area contributed by atoms with E-state index in [-0.39, 0.29) is 0 Å². The van der Waals surface area contributed by atoms with Crippen LogP contribution in [0.25, 0.3) is 0 Å². The van der Waals surface area contributed by atoms with Crippen molar-refractivity contribution < 1.29 is 0 Å². The van der Waals surface area contributed by atoms with Crippen molar-refractivity contribution in [2.75, 3.05) is 0 Å². The lowest BCUT2D eigenvalue weighted by Crippen LogP contribution is -2.09. The predicted octanol–water partition coefficient (Wildman–Crippen LogP) is 7.51. The Bertz CT molecular complexity index is 451. The van der Waals surface area contributed by atoms with Gasteiger partial charge >= 0.3 is 0 Å². The number of hydrogen-bond acceptors (Lipinski definition) is 0. The molecule has 23 heavy (non-hydrogen) atoms. The molecule has 0 aromatic heterocycles. The van der Waals surface area contributed by atoms with E-state index in [1.165, 1.54) is 83.5 Å². The molecule has 2 rings (SSSR count). The third kappa shape index (κ3) is 5.66. The van der Waals surface area contributed by atoms with Gasteiger partial charge in [-0.3, -0.25) is 0 Å². The molecule has 1 fully saturated rings. The van der Waals surface area contributed by atoms with Gasteiger partial charge in [0, 0.05) is 0 Å². The van der Waals surface area contributed by atoms with Gasteiger partial charge in [0.05, 0.1) is 0 Å². The molecule has 0 radical (unpaired) electrons. The summed E-state index contributed by atoms with van der Waals surface area (Å²) in [5.74, 6) is 0.853. The molecule has 0 saturated heterocycles. The molecule has 0 N–H and O–H groups in total. The zero-order valence-electron chi connectivity index (χ0n) is 15.9. The summed E-state index contributed by atoms with van der Waals surface area (Å²) >= 11 is 0. The Labute approximate surface area is 145 Å². The number of rotatable bonds is 9. The Morgan fingerprint density at radius 2 is 1.39 bits per heavy atom. The number of hydrogen-bond donors (Lipinski definition) is 0. The summed E-state index contributed by atoms with van der Waals surface area (Å²) in [6.07, 6.45) is 17.9. The van der Waals surface area contributed by atoms with E-state index < -0.39 is 0 Å². The van der Waals surface area contributed by atoms with Crippen LogP contribution in [0, 0.1) is 6.92 Å². The Morgan fingerprint density at radius 1 is 0.783 bits per heavy atom. The Kier molecular flexibility index (Phi) is 8.20. The van der Waals surface area contributed by atoms with Crippen molar-refractivity contribution in [1.82, 2.24) is 0 Å². The van der Waals surface area contributed by atoms with Gasteiger partial charge in [-0.1, -0.05) is 70.9 Å². The van der Waals surface area contributed by atoms with Crippen LogP contribution in [0.1, 0.15) is 113 Å². The molecule has 0 heterocycles. The van der Waals surface area contributed by atoms with E-state index >= 15 is 0 Å². The molecule has 1 aromatic rings. The van der Waals surface area contributed by atoms with Gasteiger partial charge in [-0.2, -0.15) is 0 Å². The van der Waals surface area contributed by atoms with Crippen LogP contribution < -0.4 is 0 Å². The van der Waals surface area contributed by atoms with Crippen molar-refractivity contribution in [3.05, 3.63) is 34.4 Å². The van der Waals surface area contributed by atoms with E-state index in [4.69, 9.17) is 0 Å². The minimum Gasteiger partial charge on any atom is -0.0654 e. The zero-order valence-corrected chi connectivity index (χ0v) is 15.9. The highest BCUT2D eigenvalue weighted by atomic mass is 14.2. The van der Waals surface area contributed by atoms with Gasteiger partial charge in [0.2, 0.25) is 0 Å². The van der Waals surface area contributed by atoms with Gasteiger partial charge < -0.3 is 0 Å². The molecule has 0 heteroatoms. The largest absolute Gasteiger partial charge is 0.0654 e. The normalized spacial score (nSPS) is 16.0. The monoisotopic (exact) mass is 314 g/mol. The maximum absolute atomic E-state index is 2.63. The second-order valence-electron chi connectivity index (χ2n) is 7.73. The number of unbranched alkanes of at least 4 members (excludes halogenated alkanes) is 4. The Hall–Kier alpha value is -0.780. The molecule has 0 spiro atoms. The number of aryl methyl sites for hydroxylation is 3. The average Bonchev–Trinajstić information content (AvgIpc) is 2.58. The third-order valence-electron chi connectivity index (χ3n) is 5.74. The maximum Gasteiger partial charge on any atom is -0.0159 e. The van der Waals surface area contributed by atoms with Crippen molar-refractivity contribution in [3.8, 4) is 0 Å². The SMILES string of the molecule is CCCCCc1cc(C2CCCCC2)c(CCCCC)cc1C. The topological polar surface area (TPSA) is 0 Å². The summed E-state index contributed by atoms with van der Waals surface area (Å²) in [4.78, 5) is 0. The molecule has 1 aliphatic carbocycles. The molecule has 0 atom stereocenters. The van der Waals surface area contributed by atoms with E-state index in [0.29, 0.717) is 0 Å². The second-order valence-corrected chi connectivity index (χ2v) is 7.73. The molecule has 1 aromatic carbocycles. The lowest BCUT2D eigenvalue weighted by molar-refractivity contribution is 0.441. The van der Waals surface area contributed by atoms with Crippen LogP contribution >= 0.6 is 0 Å².